The number of rotatable bonds is 3. The predicted octanol–water partition coefficient (Wildman–Crippen LogP) is 2.74. The van der Waals surface area contributed by atoms with Crippen LogP contribution in [0.15, 0.2) is 27.0 Å². The lowest BCUT2D eigenvalue weighted by Crippen LogP contribution is -2.27. The Bertz CT molecular complexity index is 676. The first-order valence-corrected chi connectivity index (χ1v) is 8.47. The molecule has 0 saturated heterocycles. The average Bonchev–Trinajstić information content (AvgIpc) is 2.78. The van der Waals surface area contributed by atoms with Crippen LogP contribution in [0.5, 0.6) is 0 Å². The Balaban J connectivity index is 2.58. The van der Waals surface area contributed by atoms with Crippen molar-refractivity contribution in [3.05, 3.63) is 33.2 Å². The molecule has 0 bridgehead atoms. The topological polar surface area (TPSA) is 63.2 Å². The molecule has 0 aliphatic rings. The van der Waals surface area contributed by atoms with Crippen LogP contribution in [0.1, 0.15) is 11.1 Å². The smallest absolute Gasteiger partial charge is 0.243 e. The minimum atomic E-state index is -3.62. The van der Waals surface area contributed by atoms with E-state index in [1.54, 1.807) is 26.0 Å². The number of aryl methyl sites for hydroxylation is 2. The van der Waals surface area contributed by atoms with Crippen molar-refractivity contribution < 1.29 is 8.42 Å². The lowest BCUT2D eigenvalue weighted by molar-refractivity contribution is 0.593. The molecule has 102 valence electrons. The minimum Gasteiger partial charge on any atom is -0.243 e. The molecule has 8 heteroatoms. The summed E-state index contributed by atoms with van der Waals surface area (Å²) in [5.41, 5.74) is 2.90. The molecule has 0 N–H and O–H groups in total. The largest absolute Gasteiger partial charge is 0.266 e. The van der Waals surface area contributed by atoms with Gasteiger partial charge in [-0.2, -0.15) is 0 Å². The van der Waals surface area contributed by atoms with Gasteiger partial charge in [0, 0.05) is 11.5 Å². The molecule has 1 aromatic carbocycles. The van der Waals surface area contributed by atoms with Crippen LogP contribution in [0, 0.1) is 13.8 Å². The number of aromatic nitrogens is 2. The molecule has 0 fully saturated rings. The Kier molecular flexibility index (Phi) is 3.93. The minimum absolute atomic E-state index is 0.313. The normalized spacial score (nSPS) is 11.6. The van der Waals surface area contributed by atoms with Gasteiger partial charge in [-0.1, -0.05) is 27.3 Å². The molecule has 0 saturated carbocycles. The van der Waals surface area contributed by atoms with Crippen LogP contribution in [0.2, 0.25) is 0 Å². The maximum absolute atomic E-state index is 12.6. The van der Waals surface area contributed by atoms with Crippen molar-refractivity contribution in [3.8, 4) is 0 Å². The van der Waals surface area contributed by atoms with Gasteiger partial charge in [0.1, 0.15) is 5.51 Å². The molecule has 19 heavy (non-hydrogen) atoms. The number of anilines is 1. The molecule has 1 heterocycles. The van der Waals surface area contributed by atoms with E-state index < -0.39 is 10.0 Å². The molecule has 0 unspecified atom stereocenters. The zero-order chi connectivity index (χ0) is 14.2. The van der Waals surface area contributed by atoms with E-state index in [0.717, 1.165) is 8.78 Å². The molecule has 0 spiro atoms. The molecule has 0 amide bonds. The first kappa shape index (κ1) is 14.4. The average molecular weight is 362 g/mol. The van der Waals surface area contributed by atoms with Crippen molar-refractivity contribution in [2.45, 2.75) is 18.7 Å². The van der Waals surface area contributed by atoms with Crippen LogP contribution in [0.25, 0.3) is 0 Å². The van der Waals surface area contributed by atoms with Gasteiger partial charge in [-0.15, -0.1) is 10.2 Å². The van der Waals surface area contributed by atoms with Crippen molar-refractivity contribution in [1.82, 2.24) is 10.2 Å². The maximum Gasteiger partial charge on any atom is 0.266 e. The molecule has 2 aromatic rings. The molecule has 5 nitrogen and oxygen atoms in total. The monoisotopic (exact) mass is 361 g/mol. The van der Waals surface area contributed by atoms with Gasteiger partial charge < -0.3 is 0 Å². The number of halogens is 1. The second kappa shape index (κ2) is 5.18. The van der Waals surface area contributed by atoms with E-state index in [9.17, 15) is 8.42 Å². The predicted molar refractivity (Wildman–Crippen MR) is 79.1 cm³/mol. The van der Waals surface area contributed by atoms with Crippen molar-refractivity contribution in [2.75, 3.05) is 11.4 Å². The van der Waals surface area contributed by atoms with Gasteiger partial charge >= 0.3 is 0 Å². The fourth-order valence-electron chi connectivity index (χ4n) is 1.85. The van der Waals surface area contributed by atoms with Crippen LogP contribution < -0.4 is 4.31 Å². The molecule has 0 radical (unpaired) electrons. The quantitative estimate of drug-likeness (QED) is 0.842. The van der Waals surface area contributed by atoms with Crippen LogP contribution in [0.4, 0.5) is 5.13 Å². The fourth-order valence-corrected chi connectivity index (χ4v) is 4.84. The van der Waals surface area contributed by atoms with Gasteiger partial charge in [-0.3, -0.25) is 0 Å². The summed E-state index contributed by atoms with van der Waals surface area (Å²) in [6.07, 6.45) is 0. The highest BCUT2D eigenvalue weighted by molar-refractivity contribution is 9.10. The fraction of sp³-hybridized carbons (Fsp3) is 0.273. The summed E-state index contributed by atoms with van der Waals surface area (Å²) < 4.78 is 27.3. The summed E-state index contributed by atoms with van der Waals surface area (Å²) in [4.78, 5) is 0.313. The summed E-state index contributed by atoms with van der Waals surface area (Å²) in [6.45, 7) is 3.55. The zero-order valence-electron chi connectivity index (χ0n) is 10.6. The number of nitrogens with zero attached hydrogens (tertiary/aromatic N) is 3. The second-order valence-electron chi connectivity index (χ2n) is 4.06. The third-order valence-electron chi connectivity index (χ3n) is 2.66. The molecular formula is C11H12BrN3O2S2. The maximum atomic E-state index is 12.6. The van der Waals surface area contributed by atoms with Crippen LogP contribution in [0.3, 0.4) is 0 Å². The highest BCUT2D eigenvalue weighted by Gasteiger charge is 2.27. The van der Waals surface area contributed by atoms with Crippen LogP contribution in [-0.2, 0) is 10.0 Å². The number of hydrogen-bond acceptors (Lipinski definition) is 5. The molecule has 0 aliphatic heterocycles. The Morgan fingerprint density at radius 1 is 1.26 bits per heavy atom. The van der Waals surface area contributed by atoms with E-state index in [1.165, 1.54) is 23.9 Å². The van der Waals surface area contributed by atoms with E-state index in [1.807, 2.05) is 0 Å². The zero-order valence-corrected chi connectivity index (χ0v) is 13.8. The first-order chi connectivity index (χ1) is 8.84. The van der Waals surface area contributed by atoms with E-state index in [2.05, 4.69) is 26.1 Å². The molecule has 0 aliphatic carbocycles. The Hall–Kier alpha value is -0.990. The van der Waals surface area contributed by atoms with Gasteiger partial charge in [-0.05, 0) is 37.1 Å². The van der Waals surface area contributed by atoms with Crippen molar-refractivity contribution in [1.29, 1.82) is 0 Å². The standard InChI is InChI=1S/C11H12BrN3O2S2/c1-7-4-9(12)5-8(2)10(7)19(16,17)15(3)11-14-13-6-18-11/h4-6H,1-3H3. The van der Waals surface area contributed by atoms with Gasteiger partial charge in [0.05, 0.1) is 4.90 Å². The molecule has 0 atom stereocenters. The van der Waals surface area contributed by atoms with Crippen molar-refractivity contribution in [2.24, 2.45) is 0 Å². The molecule has 1 aromatic heterocycles. The third-order valence-corrected chi connectivity index (χ3v) is 6.05. The first-order valence-electron chi connectivity index (χ1n) is 5.36. The summed E-state index contributed by atoms with van der Waals surface area (Å²) in [6, 6.07) is 3.57. The number of benzene rings is 1. The van der Waals surface area contributed by atoms with Crippen LogP contribution >= 0.6 is 27.3 Å². The van der Waals surface area contributed by atoms with Gasteiger partial charge in [0.15, 0.2) is 0 Å². The number of hydrogen-bond donors (Lipinski definition) is 0. The van der Waals surface area contributed by atoms with Gasteiger partial charge in [0.2, 0.25) is 5.13 Å². The summed E-state index contributed by atoms with van der Waals surface area (Å²) in [7, 11) is -2.14. The molecule has 2 rings (SSSR count). The lowest BCUT2D eigenvalue weighted by atomic mass is 10.2. The Morgan fingerprint density at radius 3 is 2.32 bits per heavy atom. The lowest BCUT2D eigenvalue weighted by Gasteiger charge is -2.19. The van der Waals surface area contributed by atoms with Gasteiger partial charge in [-0.25, -0.2) is 12.7 Å². The van der Waals surface area contributed by atoms with E-state index in [-0.39, 0.29) is 0 Å². The van der Waals surface area contributed by atoms with E-state index in [0.29, 0.717) is 21.2 Å². The van der Waals surface area contributed by atoms with E-state index >= 15 is 0 Å². The SMILES string of the molecule is Cc1cc(Br)cc(C)c1S(=O)(=O)N(C)c1nncs1. The summed E-state index contributed by atoms with van der Waals surface area (Å²) in [5.74, 6) is 0. The third kappa shape index (κ3) is 2.65. The summed E-state index contributed by atoms with van der Waals surface area (Å²) >= 11 is 4.54. The number of sulfonamides is 1. The van der Waals surface area contributed by atoms with Gasteiger partial charge in [0.25, 0.3) is 10.0 Å². The highest BCUT2D eigenvalue weighted by atomic mass is 79.9. The van der Waals surface area contributed by atoms with Crippen molar-refractivity contribution >= 4 is 42.4 Å². The summed E-state index contributed by atoms with van der Waals surface area (Å²) in [5, 5.41) is 7.80. The highest BCUT2D eigenvalue weighted by Crippen LogP contribution is 2.29. The van der Waals surface area contributed by atoms with Crippen LogP contribution in [-0.4, -0.2) is 25.7 Å². The Labute approximate surface area is 124 Å². The van der Waals surface area contributed by atoms with Crippen molar-refractivity contribution in [3.63, 3.8) is 0 Å². The second-order valence-corrected chi connectivity index (χ2v) is 7.70. The molecular weight excluding hydrogens is 350 g/mol. The Morgan fingerprint density at radius 2 is 1.84 bits per heavy atom. The van der Waals surface area contributed by atoms with E-state index in [4.69, 9.17) is 0 Å².